The first kappa shape index (κ1) is 25.9. The van der Waals surface area contributed by atoms with Gasteiger partial charge >= 0.3 is 0 Å². The van der Waals surface area contributed by atoms with Crippen molar-refractivity contribution in [2.75, 3.05) is 19.8 Å². The average molecular weight is 551 g/mol. The maximum Gasteiger partial charge on any atom is 0.252 e. The van der Waals surface area contributed by atoms with Crippen LogP contribution in [0.5, 0.6) is 5.75 Å². The van der Waals surface area contributed by atoms with Crippen molar-refractivity contribution in [2.24, 2.45) is 4.99 Å². The van der Waals surface area contributed by atoms with E-state index in [9.17, 15) is 4.79 Å². The average Bonchev–Trinajstić information content (AvgIpc) is 3.23. The van der Waals surface area contributed by atoms with Gasteiger partial charge in [0.25, 0.3) is 5.91 Å². The second kappa shape index (κ2) is 12.2. The molecule has 0 bridgehead atoms. The van der Waals surface area contributed by atoms with E-state index < -0.39 is 11.6 Å². The molecule has 36 heavy (non-hydrogen) atoms. The Bertz CT molecular complexity index is 1180. The summed E-state index contributed by atoms with van der Waals surface area (Å²) in [5.41, 5.74) is 1.83. The van der Waals surface area contributed by atoms with Gasteiger partial charge in [-0.3, -0.25) is 4.79 Å². The van der Waals surface area contributed by atoms with Gasteiger partial charge in [-0.25, -0.2) is 4.99 Å². The van der Waals surface area contributed by atoms with Crippen LogP contribution in [0.15, 0.2) is 88.3 Å². The first-order valence-electron chi connectivity index (χ1n) is 12.2. The minimum absolute atomic E-state index is 0.0909. The number of nitrogens with zero attached hydrogens (tertiary/aromatic N) is 1. The number of hydrogen-bond donors (Lipinski definition) is 2. The predicted octanol–water partition coefficient (Wildman–Crippen LogP) is 4.72. The molecule has 3 aromatic rings. The molecular weight excluding hydrogens is 520 g/mol. The zero-order valence-corrected chi connectivity index (χ0v) is 21.9. The van der Waals surface area contributed by atoms with Gasteiger partial charge in [-0.15, -0.1) is 0 Å². The van der Waals surface area contributed by atoms with E-state index >= 15 is 0 Å². The normalized spacial score (nSPS) is 18.9. The quantitative estimate of drug-likeness (QED) is 0.338. The number of nitrogens with one attached hydrogen (secondary N) is 1. The molecule has 0 unspecified atom stereocenters. The first-order valence-corrected chi connectivity index (χ1v) is 13.0. The molecule has 188 valence electrons. The summed E-state index contributed by atoms with van der Waals surface area (Å²) in [5.74, 6) is 0.993. The lowest BCUT2D eigenvalue weighted by atomic mass is 9.86. The molecule has 0 spiro atoms. The van der Waals surface area contributed by atoms with E-state index in [-0.39, 0.29) is 12.5 Å². The lowest BCUT2D eigenvalue weighted by Crippen LogP contribution is -2.53. The molecule has 0 saturated heterocycles. The number of aliphatic hydroxyl groups is 1. The molecule has 1 aliphatic rings. The highest BCUT2D eigenvalue weighted by molar-refractivity contribution is 9.10. The van der Waals surface area contributed by atoms with Gasteiger partial charge in [0.05, 0.1) is 6.61 Å². The Labute approximate surface area is 220 Å². The van der Waals surface area contributed by atoms with Gasteiger partial charge in [0.15, 0.2) is 5.54 Å². The van der Waals surface area contributed by atoms with Gasteiger partial charge < -0.3 is 19.9 Å². The highest BCUT2D eigenvalue weighted by atomic mass is 79.9. The number of carbonyl (C=O) groups is 1. The fraction of sp³-hybridized carbons (Fsp3) is 0.310. The van der Waals surface area contributed by atoms with Crippen LogP contribution in [0.1, 0.15) is 30.0 Å². The van der Waals surface area contributed by atoms with Crippen molar-refractivity contribution in [1.29, 1.82) is 0 Å². The van der Waals surface area contributed by atoms with E-state index in [1.165, 1.54) is 5.56 Å². The topological polar surface area (TPSA) is 80.2 Å². The maximum absolute atomic E-state index is 13.7. The molecule has 0 fully saturated rings. The molecular formula is C29H31BrN2O4. The summed E-state index contributed by atoms with van der Waals surface area (Å²) in [6, 6.07) is 25.4. The third kappa shape index (κ3) is 6.15. The molecule has 3 aromatic carbocycles. The van der Waals surface area contributed by atoms with E-state index in [0.717, 1.165) is 22.0 Å². The molecule has 4 rings (SSSR count). The fourth-order valence-electron chi connectivity index (χ4n) is 4.19. The summed E-state index contributed by atoms with van der Waals surface area (Å²) < 4.78 is 12.8. The zero-order chi connectivity index (χ0) is 25.4. The molecule has 1 heterocycles. The van der Waals surface area contributed by atoms with Crippen LogP contribution in [-0.4, -0.2) is 48.3 Å². The van der Waals surface area contributed by atoms with E-state index in [1.807, 2.05) is 73.7 Å². The Morgan fingerprint density at radius 3 is 2.53 bits per heavy atom. The van der Waals surface area contributed by atoms with Gasteiger partial charge in [0.2, 0.25) is 5.90 Å². The van der Waals surface area contributed by atoms with Gasteiger partial charge in [-0.2, -0.15) is 0 Å². The molecule has 0 aliphatic carbocycles. The zero-order valence-electron chi connectivity index (χ0n) is 20.3. The smallest absolute Gasteiger partial charge is 0.252 e. The number of rotatable bonds is 11. The first-order chi connectivity index (χ1) is 17.5. The molecule has 0 radical (unpaired) electrons. The third-order valence-electron chi connectivity index (χ3n) is 6.29. The van der Waals surface area contributed by atoms with Crippen molar-refractivity contribution in [3.63, 3.8) is 0 Å². The summed E-state index contributed by atoms with van der Waals surface area (Å²) >= 11 is 3.62. The number of halogens is 1. The van der Waals surface area contributed by atoms with Crippen molar-refractivity contribution >= 4 is 27.7 Å². The van der Waals surface area contributed by atoms with E-state index in [2.05, 4.69) is 33.4 Å². The number of carbonyl (C=O) groups excluding carboxylic acids is 1. The van der Waals surface area contributed by atoms with Crippen LogP contribution < -0.4 is 10.1 Å². The van der Waals surface area contributed by atoms with E-state index in [4.69, 9.17) is 19.6 Å². The number of aliphatic hydroxyl groups excluding tert-OH is 1. The maximum atomic E-state index is 13.7. The fourth-order valence-corrected chi connectivity index (χ4v) is 4.62. The third-order valence-corrected chi connectivity index (χ3v) is 7.06. The van der Waals surface area contributed by atoms with Crippen molar-refractivity contribution in [2.45, 2.75) is 37.8 Å². The SMILES string of the molecule is C[C@H]1OC(c2ccc(OCCCO)cc2)=N[C@@]1(Cc1ccccc1Br)C(=O)NCCc1ccccc1. The number of benzene rings is 3. The summed E-state index contributed by atoms with van der Waals surface area (Å²) in [5, 5.41) is 12.0. The van der Waals surface area contributed by atoms with Crippen LogP contribution in [-0.2, 0) is 22.4 Å². The number of amides is 1. The number of ether oxygens (including phenoxy) is 2. The standard InChI is InChI=1S/C29H31BrN2O4/c1-21-29(20-24-10-5-6-11-26(24)30,28(34)31-17-16-22-8-3-2-4-9-22)32-27(36-21)23-12-14-25(15-13-23)35-19-7-18-33/h2-6,8-15,21,33H,7,16-20H2,1H3,(H,31,34)/t21-,29-/m1/s1. The van der Waals surface area contributed by atoms with Crippen LogP contribution in [0.4, 0.5) is 0 Å². The number of hydrogen-bond acceptors (Lipinski definition) is 5. The van der Waals surface area contributed by atoms with Crippen molar-refractivity contribution in [3.05, 3.63) is 100 Å². The van der Waals surface area contributed by atoms with Crippen molar-refractivity contribution in [3.8, 4) is 5.75 Å². The molecule has 7 heteroatoms. The van der Waals surface area contributed by atoms with Crippen LogP contribution in [0.3, 0.4) is 0 Å². The minimum Gasteiger partial charge on any atom is -0.494 e. The van der Waals surface area contributed by atoms with Crippen LogP contribution in [0, 0.1) is 0 Å². The highest BCUT2D eigenvalue weighted by Crippen LogP contribution is 2.34. The Balaban J connectivity index is 1.57. The van der Waals surface area contributed by atoms with Gasteiger partial charge in [-0.1, -0.05) is 64.5 Å². The van der Waals surface area contributed by atoms with E-state index in [0.29, 0.717) is 37.6 Å². The molecule has 0 saturated carbocycles. The van der Waals surface area contributed by atoms with Crippen LogP contribution in [0.25, 0.3) is 0 Å². The number of aliphatic imine (C=N–C) groups is 1. The Kier molecular flexibility index (Phi) is 8.78. The Hall–Kier alpha value is -3.16. The second-order valence-electron chi connectivity index (χ2n) is 8.81. The van der Waals surface area contributed by atoms with Crippen molar-refractivity contribution in [1.82, 2.24) is 5.32 Å². The summed E-state index contributed by atoms with van der Waals surface area (Å²) in [4.78, 5) is 18.6. The molecule has 0 aromatic heterocycles. The van der Waals surface area contributed by atoms with Gasteiger partial charge in [0.1, 0.15) is 11.9 Å². The predicted molar refractivity (Wildman–Crippen MR) is 144 cm³/mol. The monoisotopic (exact) mass is 550 g/mol. The lowest BCUT2D eigenvalue weighted by Gasteiger charge is -2.28. The summed E-state index contributed by atoms with van der Waals surface area (Å²) in [6.45, 7) is 2.95. The Morgan fingerprint density at radius 1 is 1.08 bits per heavy atom. The van der Waals surface area contributed by atoms with Crippen LogP contribution >= 0.6 is 15.9 Å². The molecule has 2 atom stereocenters. The molecule has 2 N–H and O–H groups in total. The second-order valence-corrected chi connectivity index (χ2v) is 9.67. The summed E-state index contributed by atoms with van der Waals surface area (Å²) in [7, 11) is 0. The summed E-state index contributed by atoms with van der Waals surface area (Å²) in [6.07, 6.45) is 1.25. The lowest BCUT2D eigenvalue weighted by molar-refractivity contribution is -0.128. The molecule has 1 amide bonds. The highest BCUT2D eigenvalue weighted by Gasteiger charge is 2.50. The minimum atomic E-state index is -1.10. The van der Waals surface area contributed by atoms with Crippen molar-refractivity contribution < 1.29 is 19.4 Å². The van der Waals surface area contributed by atoms with Gasteiger partial charge in [-0.05, 0) is 54.8 Å². The largest absolute Gasteiger partial charge is 0.494 e. The van der Waals surface area contributed by atoms with Crippen LogP contribution in [0.2, 0.25) is 0 Å². The Morgan fingerprint density at radius 2 is 1.81 bits per heavy atom. The molecule has 1 aliphatic heterocycles. The molecule has 6 nitrogen and oxygen atoms in total. The van der Waals surface area contributed by atoms with E-state index in [1.54, 1.807) is 0 Å². The van der Waals surface area contributed by atoms with Gasteiger partial charge in [0, 0.05) is 36.0 Å².